The number of halogens is 1. The Morgan fingerprint density at radius 3 is 2.28 bits per heavy atom. The maximum Gasteiger partial charge on any atom is 0.264 e. The van der Waals surface area contributed by atoms with Crippen LogP contribution in [0, 0.1) is 0 Å². The Morgan fingerprint density at radius 1 is 1.04 bits per heavy atom. The van der Waals surface area contributed by atoms with E-state index in [9.17, 15) is 13.2 Å². The van der Waals surface area contributed by atoms with E-state index in [0.29, 0.717) is 29.4 Å². The van der Waals surface area contributed by atoms with Gasteiger partial charge in [-0.25, -0.2) is 8.42 Å². The summed E-state index contributed by atoms with van der Waals surface area (Å²) in [6.45, 7) is 4.90. The van der Waals surface area contributed by atoms with E-state index in [1.165, 1.54) is 19.2 Å². The van der Waals surface area contributed by atoms with Gasteiger partial charge in [-0.3, -0.25) is 9.10 Å². The molecule has 0 spiro atoms. The molecule has 2 aromatic rings. The third-order valence-electron chi connectivity index (χ3n) is 3.96. The van der Waals surface area contributed by atoms with Gasteiger partial charge in [0.05, 0.1) is 10.6 Å². The third-order valence-corrected chi connectivity index (χ3v) is 5.98. The van der Waals surface area contributed by atoms with Crippen LogP contribution in [0.25, 0.3) is 0 Å². The second-order valence-electron chi connectivity index (χ2n) is 5.46. The van der Waals surface area contributed by atoms with Gasteiger partial charge >= 0.3 is 0 Å². The van der Waals surface area contributed by atoms with Gasteiger partial charge in [0.15, 0.2) is 0 Å². The number of nitrogens with zero attached hydrogens (tertiary/aromatic N) is 2. The van der Waals surface area contributed by atoms with Gasteiger partial charge in [0, 0.05) is 30.7 Å². The van der Waals surface area contributed by atoms with E-state index in [2.05, 4.69) is 0 Å². The molecule has 0 aromatic heterocycles. The average molecular weight is 381 g/mol. The minimum Gasteiger partial charge on any atom is -0.339 e. The van der Waals surface area contributed by atoms with Crippen LogP contribution in [-0.4, -0.2) is 39.4 Å². The molecular weight excluding hydrogens is 360 g/mol. The largest absolute Gasteiger partial charge is 0.339 e. The first-order valence-electron chi connectivity index (χ1n) is 7.95. The highest BCUT2D eigenvalue weighted by atomic mass is 35.5. The molecule has 7 heteroatoms. The minimum atomic E-state index is -3.80. The standard InChI is InChI=1S/C18H21ClN2O3S/c1-4-21(5-2)18(22)14-8-6-11-17(12-14)25(23,24)20(3)16-10-7-9-15(19)13-16/h6-13H,4-5H2,1-3H3. The van der Waals surface area contributed by atoms with Gasteiger partial charge in [-0.2, -0.15) is 0 Å². The average Bonchev–Trinajstić information content (AvgIpc) is 2.62. The smallest absolute Gasteiger partial charge is 0.264 e. The van der Waals surface area contributed by atoms with E-state index in [0.717, 1.165) is 4.31 Å². The van der Waals surface area contributed by atoms with E-state index >= 15 is 0 Å². The molecule has 0 aliphatic carbocycles. The molecule has 0 fully saturated rings. The number of anilines is 1. The van der Waals surface area contributed by atoms with Crippen LogP contribution >= 0.6 is 11.6 Å². The molecule has 0 N–H and O–H groups in total. The Balaban J connectivity index is 2.40. The molecule has 134 valence electrons. The quantitative estimate of drug-likeness (QED) is 0.768. The maximum atomic E-state index is 12.9. The zero-order chi connectivity index (χ0) is 18.6. The van der Waals surface area contributed by atoms with Crippen molar-refractivity contribution in [2.45, 2.75) is 18.7 Å². The van der Waals surface area contributed by atoms with Crippen molar-refractivity contribution in [2.24, 2.45) is 0 Å². The lowest BCUT2D eigenvalue weighted by Crippen LogP contribution is -2.31. The van der Waals surface area contributed by atoms with E-state index < -0.39 is 10.0 Å². The normalized spacial score (nSPS) is 11.2. The van der Waals surface area contributed by atoms with Crippen LogP contribution in [0.2, 0.25) is 5.02 Å². The molecule has 1 amide bonds. The third kappa shape index (κ3) is 4.14. The molecule has 0 aliphatic rings. The summed E-state index contributed by atoms with van der Waals surface area (Å²) in [5, 5.41) is 0.449. The van der Waals surface area contributed by atoms with Crippen molar-refractivity contribution in [2.75, 3.05) is 24.4 Å². The van der Waals surface area contributed by atoms with Gasteiger partial charge in [0.25, 0.3) is 15.9 Å². The number of amides is 1. The first-order chi connectivity index (χ1) is 11.8. The topological polar surface area (TPSA) is 57.7 Å². The number of hydrogen-bond acceptors (Lipinski definition) is 3. The van der Waals surface area contributed by atoms with Crippen molar-refractivity contribution < 1.29 is 13.2 Å². The van der Waals surface area contributed by atoms with Gasteiger partial charge in [-0.1, -0.05) is 23.7 Å². The fraction of sp³-hybridized carbons (Fsp3) is 0.278. The molecule has 0 radical (unpaired) electrons. The number of rotatable bonds is 6. The first kappa shape index (κ1) is 19.3. The van der Waals surface area contributed by atoms with E-state index in [1.807, 2.05) is 13.8 Å². The van der Waals surface area contributed by atoms with Gasteiger partial charge < -0.3 is 4.90 Å². The lowest BCUT2D eigenvalue weighted by molar-refractivity contribution is 0.0772. The number of benzene rings is 2. The fourth-order valence-corrected chi connectivity index (χ4v) is 3.87. The summed E-state index contributed by atoms with van der Waals surface area (Å²) in [5.41, 5.74) is 0.803. The Bertz CT molecular complexity index is 864. The van der Waals surface area contributed by atoms with Gasteiger partial charge in [-0.15, -0.1) is 0 Å². The molecule has 0 saturated heterocycles. The van der Waals surface area contributed by atoms with Crippen molar-refractivity contribution in [3.63, 3.8) is 0 Å². The van der Waals surface area contributed by atoms with Crippen molar-refractivity contribution >= 4 is 33.2 Å². The zero-order valence-electron chi connectivity index (χ0n) is 14.4. The second-order valence-corrected chi connectivity index (χ2v) is 7.86. The molecule has 0 unspecified atom stereocenters. The SMILES string of the molecule is CCN(CC)C(=O)c1cccc(S(=O)(=O)N(C)c2cccc(Cl)c2)c1. The first-order valence-corrected chi connectivity index (χ1v) is 9.76. The predicted molar refractivity (Wildman–Crippen MR) is 101 cm³/mol. The van der Waals surface area contributed by atoms with E-state index in [4.69, 9.17) is 11.6 Å². The van der Waals surface area contributed by atoms with Crippen LogP contribution in [0.5, 0.6) is 0 Å². The van der Waals surface area contributed by atoms with Crippen LogP contribution in [-0.2, 0) is 10.0 Å². The number of sulfonamides is 1. The number of carbonyl (C=O) groups is 1. The highest BCUT2D eigenvalue weighted by molar-refractivity contribution is 7.92. The van der Waals surface area contributed by atoms with Gasteiger partial charge in [0.1, 0.15) is 0 Å². The van der Waals surface area contributed by atoms with Crippen molar-refractivity contribution in [1.82, 2.24) is 4.90 Å². The number of carbonyl (C=O) groups excluding carboxylic acids is 1. The monoisotopic (exact) mass is 380 g/mol. The van der Waals surface area contributed by atoms with Crippen LogP contribution in [0.1, 0.15) is 24.2 Å². The van der Waals surface area contributed by atoms with Crippen molar-refractivity contribution in [1.29, 1.82) is 0 Å². The van der Waals surface area contributed by atoms with E-state index in [-0.39, 0.29) is 10.8 Å². The molecule has 25 heavy (non-hydrogen) atoms. The summed E-state index contributed by atoms with van der Waals surface area (Å²) in [4.78, 5) is 14.2. The molecule has 2 rings (SSSR count). The predicted octanol–water partition coefficient (Wildman–Crippen LogP) is 3.65. The van der Waals surface area contributed by atoms with Crippen LogP contribution < -0.4 is 4.31 Å². The Kier molecular flexibility index (Phi) is 6.08. The van der Waals surface area contributed by atoms with Gasteiger partial charge in [0.2, 0.25) is 0 Å². The molecule has 0 atom stereocenters. The Morgan fingerprint density at radius 2 is 1.68 bits per heavy atom. The minimum absolute atomic E-state index is 0.0629. The molecule has 0 bridgehead atoms. The lowest BCUT2D eigenvalue weighted by Gasteiger charge is -2.21. The van der Waals surface area contributed by atoms with Gasteiger partial charge in [-0.05, 0) is 50.2 Å². The molecule has 5 nitrogen and oxygen atoms in total. The Hall–Kier alpha value is -2.05. The summed E-state index contributed by atoms with van der Waals surface area (Å²) in [6.07, 6.45) is 0. The van der Waals surface area contributed by atoms with Crippen LogP contribution in [0.15, 0.2) is 53.4 Å². The van der Waals surface area contributed by atoms with Crippen molar-refractivity contribution in [3.8, 4) is 0 Å². The summed E-state index contributed by atoms with van der Waals surface area (Å²) in [7, 11) is -2.34. The lowest BCUT2D eigenvalue weighted by atomic mass is 10.2. The molecular formula is C18H21ClN2O3S. The molecule has 0 heterocycles. The summed E-state index contributed by atoms with van der Waals surface area (Å²) in [5.74, 6) is -0.188. The van der Waals surface area contributed by atoms with E-state index in [1.54, 1.807) is 41.3 Å². The highest BCUT2D eigenvalue weighted by Gasteiger charge is 2.23. The Labute approximate surface area is 153 Å². The maximum absolute atomic E-state index is 12.9. The molecule has 2 aromatic carbocycles. The van der Waals surface area contributed by atoms with Crippen molar-refractivity contribution in [3.05, 3.63) is 59.1 Å². The summed E-state index contributed by atoms with van der Waals surface area (Å²) < 4.78 is 26.9. The highest BCUT2D eigenvalue weighted by Crippen LogP contribution is 2.25. The fourth-order valence-electron chi connectivity index (χ4n) is 2.45. The van der Waals surface area contributed by atoms with Crippen LogP contribution in [0.3, 0.4) is 0 Å². The zero-order valence-corrected chi connectivity index (χ0v) is 16.0. The molecule has 0 saturated carbocycles. The number of hydrogen-bond donors (Lipinski definition) is 0. The summed E-state index contributed by atoms with van der Waals surface area (Å²) in [6, 6.07) is 12.7. The second kappa shape index (κ2) is 7.89. The molecule has 0 aliphatic heterocycles. The van der Waals surface area contributed by atoms with Crippen LogP contribution in [0.4, 0.5) is 5.69 Å². The summed E-state index contributed by atoms with van der Waals surface area (Å²) >= 11 is 5.95.